The van der Waals surface area contributed by atoms with Gasteiger partial charge in [-0.3, -0.25) is 0 Å². The molecule has 1 N–H and O–H groups in total. The fourth-order valence-corrected chi connectivity index (χ4v) is 6.48. The Kier molecular flexibility index (Phi) is 11.1. The average molecular weight is 549 g/mol. The first-order valence-electron chi connectivity index (χ1n) is 15.1. The number of benzene rings is 1. The molecule has 0 bridgehead atoms. The monoisotopic (exact) mass is 548 g/mol. The predicted octanol–water partition coefficient (Wildman–Crippen LogP) is 10.1. The van der Waals surface area contributed by atoms with E-state index in [4.69, 9.17) is 6.42 Å². The Balaban J connectivity index is 1.24. The lowest BCUT2D eigenvalue weighted by Gasteiger charge is -2.30. The molecule has 4 heteroatoms. The van der Waals surface area contributed by atoms with E-state index in [-0.39, 0.29) is 17.7 Å². The van der Waals surface area contributed by atoms with E-state index >= 15 is 8.78 Å². The van der Waals surface area contributed by atoms with Crippen LogP contribution in [0.15, 0.2) is 71.4 Å². The second kappa shape index (κ2) is 14.7. The van der Waals surface area contributed by atoms with Crippen LogP contribution in [0.5, 0.6) is 0 Å². The van der Waals surface area contributed by atoms with Gasteiger partial charge in [0.1, 0.15) is 11.6 Å². The van der Waals surface area contributed by atoms with Gasteiger partial charge in [-0.2, -0.15) is 0 Å². The van der Waals surface area contributed by atoms with Crippen molar-refractivity contribution in [3.8, 4) is 12.3 Å². The summed E-state index contributed by atoms with van der Waals surface area (Å²) >= 11 is 0. The minimum atomic E-state index is -0.672. The lowest BCUT2D eigenvalue weighted by Crippen LogP contribution is -2.20. The summed E-state index contributed by atoms with van der Waals surface area (Å²) in [4.78, 5) is 0. The number of hydrogen-bond donors (Lipinski definition) is 1. The van der Waals surface area contributed by atoms with E-state index in [2.05, 4.69) is 5.92 Å². The van der Waals surface area contributed by atoms with Crippen LogP contribution in [-0.2, 0) is 0 Å². The zero-order valence-electron chi connectivity index (χ0n) is 23.7. The Bertz CT molecular complexity index is 1200. The molecule has 0 spiro atoms. The Hall–Kier alpha value is -2.77. The number of rotatable bonds is 11. The summed E-state index contributed by atoms with van der Waals surface area (Å²) in [6, 6.07) is 5.49. The van der Waals surface area contributed by atoms with Crippen LogP contribution in [0.25, 0.3) is 6.08 Å². The van der Waals surface area contributed by atoms with Crippen molar-refractivity contribution >= 4 is 6.08 Å². The number of aliphatic hydroxyl groups excluding tert-OH is 1. The fraction of sp³-hybridized carbons (Fsp3) is 0.500. The second-order valence-electron chi connectivity index (χ2n) is 11.7. The zero-order valence-corrected chi connectivity index (χ0v) is 23.7. The standard InChI is InChI=1S/C36H43F3O/c1-3-5-6-7-9-26-13-22-31(33(37)24-26)27-14-10-25(11-15-27)12-16-30-21-23-32(36(39)35(30)38)28-17-19-29(20-18-28)34(40)8-4-2/h1,7,9,13,17,19-22,24-25,27-28,32,34,40H,4-6,8,10-12,14-16,18,23H2,2H3/b9-7+. The van der Waals surface area contributed by atoms with E-state index < -0.39 is 23.7 Å². The highest BCUT2D eigenvalue weighted by Gasteiger charge is 2.32. The van der Waals surface area contributed by atoms with E-state index in [0.717, 1.165) is 61.6 Å². The first-order valence-corrected chi connectivity index (χ1v) is 15.1. The number of aliphatic hydroxyl groups is 1. The summed E-state index contributed by atoms with van der Waals surface area (Å²) in [7, 11) is 0. The molecule has 0 saturated heterocycles. The van der Waals surface area contributed by atoms with Gasteiger partial charge in [0.25, 0.3) is 0 Å². The summed E-state index contributed by atoms with van der Waals surface area (Å²) in [6.45, 7) is 2.03. The fourth-order valence-electron chi connectivity index (χ4n) is 6.48. The molecule has 1 aromatic carbocycles. The first kappa shape index (κ1) is 30.2. The van der Waals surface area contributed by atoms with E-state index in [0.29, 0.717) is 43.6 Å². The van der Waals surface area contributed by atoms with Gasteiger partial charge in [-0.05, 0) is 110 Å². The molecular weight excluding hydrogens is 505 g/mol. The number of allylic oxidation sites excluding steroid dienone is 7. The molecule has 1 saturated carbocycles. The molecule has 1 aromatic rings. The summed E-state index contributed by atoms with van der Waals surface area (Å²) in [5.74, 6) is 1.25. The first-order chi connectivity index (χ1) is 19.4. The van der Waals surface area contributed by atoms with Crippen LogP contribution in [0.4, 0.5) is 13.2 Å². The quantitative estimate of drug-likeness (QED) is 0.215. The third-order valence-corrected chi connectivity index (χ3v) is 8.96. The molecule has 4 rings (SSSR count). The van der Waals surface area contributed by atoms with Gasteiger partial charge in [-0.1, -0.05) is 61.9 Å². The Morgan fingerprint density at radius 1 is 1.10 bits per heavy atom. The van der Waals surface area contributed by atoms with Crippen molar-refractivity contribution < 1.29 is 18.3 Å². The van der Waals surface area contributed by atoms with Gasteiger partial charge in [0, 0.05) is 12.3 Å². The van der Waals surface area contributed by atoms with Crippen LogP contribution in [0.1, 0.15) is 101 Å². The van der Waals surface area contributed by atoms with Crippen molar-refractivity contribution in [2.24, 2.45) is 17.8 Å². The van der Waals surface area contributed by atoms with Crippen molar-refractivity contribution in [1.82, 2.24) is 0 Å². The molecule has 0 aliphatic heterocycles. The highest BCUT2D eigenvalue weighted by molar-refractivity contribution is 5.50. The van der Waals surface area contributed by atoms with Crippen LogP contribution in [0, 0.1) is 35.9 Å². The molecule has 214 valence electrons. The van der Waals surface area contributed by atoms with E-state index in [9.17, 15) is 9.50 Å². The molecule has 3 atom stereocenters. The maximum Gasteiger partial charge on any atom is 0.157 e. The summed E-state index contributed by atoms with van der Waals surface area (Å²) in [6.07, 6.45) is 25.8. The number of halogens is 3. The molecule has 1 nitrogen and oxygen atoms in total. The van der Waals surface area contributed by atoms with Crippen LogP contribution in [0.3, 0.4) is 0 Å². The summed E-state index contributed by atoms with van der Waals surface area (Å²) in [5.41, 5.74) is 3.02. The molecule has 3 aliphatic carbocycles. The van der Waals surface area contributed by atoms with Gasteiger partial charge in [-0.25, -0.2) is 13.2 Å². The second-order valence-corrected chi connectivity index (χ2v) is 11.7. The third kappa shape index (κ3) is 7.70. The van der Waals surface area contributed by atoms with Crippen LogP contribution in [-0.4, -0.2) is 11.2 Å². The molecule has 0 aromatic heterocycles. The normalized spacial score (nSPS) is 26.0. The molecule has 40 heavy (non-hydrogen) atoms. The van der Waals surface area contributed by atoms with Gasteiger partial charge >= 0.3 is 0 Å². The molecule has 3 aliphatic rings. The smallest absolute Gasteiger partial charge is 0.157 e. The van der Waals surface area contributed by atoms with Gasteiger partial charge in [0.05, 0.1) is 6.10 Å². The lowest BCUT2D eigenvalue weighted by molar-refractivity contribution is 0.201. The van der Waals surface area contributed by atoms with Crippen molar-refractivity contribution in [2.75, 3.05) is 0 Å². The van der Waals surface area contributed by atoms with Gasteiger partial charge in [0.15, 0.2) is 5.83 Å². The zero-order chi connectivity index (χ0) is 28.5. The van der Waals surface area contributed by atoms with Crippen molar-refractivity contribution in [3.05, 3.63) is 88.3 Å². The van der Waals surface area contributed by atoms with E-state index in [1.54, 1.807) is 6.07 Å². The summed E-state index contributed by atoms with van der Waals surface area (Å²) < 4.78 is 45.1. The highest BCUT2D eigenvalue weighted by Crippen LogP contribution is 2.43. The van der Waals surface area contributed by atoms with Crippen molar-refractivity contribution in [3.63, 3.8) is 0 Å². The molecule has 3 unspecified atom stereocenters. The van der Waals surface area contributed by atoms with Crippen molar-refractivity contribution in [2.45, 2.75) is 96.0 Å². The van der Waals surface area contributed by atoms with E-state index in [1.807, 2.05) is 55.5 Å². The topological polar surface area (TPSA) is 20.2 Å². The Labute approximate surface area is 238 Å². The number of terminal acetylenes is 1. The third-order valence-electron chi connectivity index (χ3n) is 8.96. The van der Waals surface area contributed by atoms with Crippen LogP contribution in [0.2, 0.25) is 0 Å². The highest BCUT2D eigenvalue weighted by atomic mass is 19.2. The SMILES string of the molecule is C#CCC/C=C/c1ccc(C2CCC(CCC3=CCC(C4C=CC(C(O)CCC)=CC4)C(F)=C3F)CC2)c(F)c1. The predicted molar refractivity (Wildman–Crippen MR) is 159 cm³/mol. The Morgan fingerprint density at radius 2 is 1.90 bits per heavy atom. The maximum atomic E-state index is 15.1. The molecule has 0 amide bonds. The van der Waals surface area contributed by atoms with Gasteiger partial charge < -0.3 is 5.11 Å². The van der Waals surface area contributed by atoms with Crippen molar-refractivity contribution in [1.29, 1.82) is 0 Å². The largest absolute Gasteiger partial charge is 0.388 e. The molecular formula is C36H43F3O. The average Bonchev–Trinajstić information content (AvgIpc) is 2.97. The molecule has 0 radical (unpaired) electrons. The van der Waals surface area contributed by atoms with Gasteiger partial charge in [0.2, 0.25) is 0 Å². The minimum Gasteiger partial charge on any atom is -0.388 e. The van der Waals surface area contributed by atoms with E-state index in [1.165, 1.54) is 0 Å². The minimum absolute atomic E-state index is 0.0876. The maximum absolute atomic E-state index is 15.1. The molecule has 1 fully saturated rings. The number of unbranched alkanes of at least 4 members (excludes halogenated alkanes) is 1. The van der Waals surface area contributed by atoms with Crippen LogP contribution >= 0.6 is 0 Å². The number of hydrogen-bond acceptors (Lipinski definition) is 1. The Morgan fingerprint density at radius 3 is 2.58 bits per heavy atom. The molecule has 0 heterocycles. The van der Waals surface area contributed by atoms with Crippen LogP contribution < -0.4 is 0 Å². The summed E-state index contributed by atoms with van der Waals surface area (Å²) in [5, 5.41) is 10.2. The lowest BCUT2D eigenvalue weighted by atomic mass is 9.75. The van der Waals surface area contributed by atoms with Gasteiger partial charge in [-0.15, -0.1) is 12.3 Å².